The minimum atomic E-state index is -0.367. The first-order valence-corrected chi connectivity index (χ1v) is 12.0. The highest BCUT2D eigenvalue weighted by Gasteiger charge is 2.63. The fourth-order valence-corrected chi connectivity index (χ4v) is 8.49. The SMILES string of the molecule is CC[C@H]1C(=O)CC2C3CCC4C[C@@H](OC(C)=O)[C@@H](OC(C)=O)C[C@]4(C)C3CC[C@@]21C. The summed E-state index contributed by atoms with van der Waals surface area (Å²) in [5, 5.41) is 0. The molecule has 4 rings (SSSR count). The molecule has 0 bridgehead atoms. The van der Waals surface area contributed by atoms with Crippen LogP contribution >= 0.6 is 0 Å². The minimum Gasteiger partial charge on any atom is -0.459 e. The lowest BCUT2D eigenvalue weighted by atomic mass is 9.44. The third kappa shape index (κ3) is 3.31. The van der Waals surface area contributed by atoms with Crippen molar-refractivity contribution in [1.29, 1.82) is 0 Å². The number of hydrogen-bond acceptors (Lipinski definition) is 5. The van der Waals surface area contributed by atoms with Crippen LogP contribution < -0.4 is 0 Å². The van der Waals surface area contributed by atoms with E-state index in [1.807, 2.05) is 0 Å². The Bertz CT molecular complexity index is 731. The van der Waals surface area contributed by atoms with Crippen LogP contribution in [0.3, 0.4) is 0 Å². The summed E-state index contributed by atoms with van der Waals surface area (Å²) in [6.07, 6.45) is 7.08. The van der Waals surface area contributed by atoms with Crippen molar-refractivity contribution in [3.63, 3.8) is 0 Å². The van der Waals surface area contributed by atoms with Gasteiger partial charge in [0.25, 0.3) is 0 Å². The molecule has 4 fully saturated rings. The molecular formula is C25H38O5. The Kier molecular flexibility index (Phi) is 5.55. The van der Waals surface area contributed by atoms with Crippen molar-refractivity contribution in [3.05, 3.63) is 0 Å². The maximum atomic E-state index is 12.8. The Morgan fingerprint density at radius 2 is 1.63 bits per heavy atom. The van der Waals surface area contributed by atoms with Crippen LogP contribution in [0.2, 0.25) is 0 Å². The minimum absolute atomic E-state index is 0.0639. The first-order valence-electron chi connectivity index (χ1n) is 12.0. The number of hydrogen-bond donors (Lipinski definition) is 0. The molecule has 4 aliphatic carbocycles. The van der Waals surface area contributed by atoms with Crippen molar-refractivity contribution in [2.24, 2.45) is 40.4 Å². The largest absolute Gasteiger partial charge is 0.459 e. The van der Waals surface area contributed by atoms with E-state index < -0.39 is 0 Å². The molecule has 5 heteroatoms. The molecule has 0 spiro atoms. The monoisotopic (exact) mass is 418 g/mol. The normalized spacial score (nSPS) is 47.6. The van der Waals surface area contributed by atoms with Crippen LogP contribution in [0.1, 0.15) is 86.0 Å². The highest BCUT2D eigenvalue weighted by Crippen LogP contribution is 2.67. The molecule has 9 atom stereocenters. The van der Waals surface area contributed by atoms with Crippen molar-refractivity contribution in [2.45, 2.75) is 98.2 Å². The Balaban J connectivity index is 1.61. The number of ketones is 1. The molecule has 0 aromatic rings. The van der Waals surface area contributed by atoms with E-state index in [0.717, 1.165) is 44.9 Å². The molecule has 4 aliphatic rings. The summed E-state index contributed by atoms with van der Waals surface area (Å²) in [6.45, 7) is 9.79. The van der Waals surface area contributed by atoms with Crippen molar-refractivity contribution < 1.29 is 23.9 Å². The molecule has 168 valence electrons. The standard InChI is InChI=1S/C25H38O5/c1-6-18-21(28)12-20-17-8-7-16-11-22(29-14(2)26)23(30-15(3)27)13-25(16,5)19(17)9-10-24(18,20)4/h16-20,22-23H,6-13H2,1-5H3/t16?,17?,18-,19?,20?,22+,23-,24+,25-/m0/s1. The van der Waals surface area contributed by atoms with Gasteiger partial charge in [-0.15, -0.1) is 0 Å². The molecule has 4 saturated carbocycles. The zero-order chi connectivity index (χ0) is 21.8. The highest BCUT2D eigenvalue weighted by molar-refractivity contribution is 5.84. The maximum absolute atomic E-state index is 12.8. The van der Waals surface area contributed by atoms with Crippen molar-refractivity contribution in [3.8, 4) is 0 Å². The van der Waals surface area contributed by atoms with E-state index in [9.17, 15) is 14.4 Å². The number of carbonyl (C=O) groups excluding carboxylic acids is 3. The van der Waals surface area contributed by atoms with Crippen LogP contribution in [0, 0.1) is 40.4 Å². The van der Waals surface area contributed by atoms with Gasteiger partial charge in [0.05, 0.1) is 0 Å². The molecule has 0 radical (unpaired) electrons. The fourth-order valence-electron chi connectivity index (χ4n) is 8.49. The first kappa shape index (κ1) is 21.8. The highest BCUT2D eigenvalue weighted by atomic mass is 16.6. The summed E-state index contributed by atoms with van der Waals surface area (Å²) in [7, 11) is 0. The summed E-state index contributed by atoms with van der Waals surface area (Å²) in [4.78, 5) is 36.3. The molecule has 0 aliphatic heterocycles. The molecule has 0 N–H and O–H groups in total. The van der Waals surface area contributed by atoms with Crippen LogP contribution in [0.25, 0.3) is 0 Å². The Labute approximate surface area is 180 Å². The summed E-state index contributed by atoms with van der Waals surface area (Å²) in [5.74, 6) is 2.18. The van der Waals surface area contributed by atoms with E-state index in [1.165, 1.54) is 20.3 Å². The zero-order valence-electron chi connectivity index (χ0n) is 19.2. The van der Waals surface area contributed by atoms with Gasteiger partial charge >= 0.3 is 11.9 Å². The van der Waals surface area contributed by atoms with E-state index in [2.05, 4.69) is 20.8 Å². The molecule has 4 unspecified atom stereocenters. The second-order valence-corrected chi connectivity index (χ2v) is 11.1. The van der Waals surface area contributed by atoms with Gasteiger partial charge < -0.3 is 9.47 Å². The van der Waals surface area contributed by atoms with E-state index in [1.54, 1.807) is 0 Å². The van der Waals surface area contributed by atoms with Gasteiger partial charge in [-0.05, 0) is 79.4 Å². The van der Waals surface area contributed by atoms with Crippen molar-refractivity contribution >= 4 is 17.7 Å². The lowest BCUT2D eigenvalue weighted by Crippen LogP contribution is -2.57. The van der Waals surface area contributed by atoms with Crippen LogP contribution in [0.4, 0.5) is 0 Å². The third-order valence-corrected chi connectivity index (χ3v) is 9.72. The predicted octanol–water partition coefficient (Wildman–Crippen LogP) is 4.71. The van der Waals surface area contributed by atoms with Gasteiger partial charge in [0.15, 0.2) is 0 Å². The van der Waals surface area contributed by atoms with Crippen molar-refractivity contribution in [1.82, 2.24) is 0 Å². The number of rotatable bonds is 3. The molecule has 0 amide bonds. The first-order chi connectivity index (χ1) is 14.1. The molecule has 30 heavy (non-hydrogen) atoms. The number of esters is 2. The number of carbonyl (C=O) groups is 3. The van der Waals surface area contributed by atoms with E-state index in [-0.39, 0.29) is 40.9 Å². The maximum Gasteiger partial charge on any atom is 0.303 e. The second kappa shape index (κ2) is 7.63. The van der Waals surface area contributed by atoms with Gasteiger partial charge in [-0.2, -0.15) is 0 Å². The topological polar surface area (TPSA) is 69.7 Å². The predicted molar refractivity (Wildman–Crippen MR) is 112 cm³/mol. The Morgan fingerprint density at radius 3 is 2.27 bits per heavy atom. The van der Waals surface area contributed by atoms with E-state index in [4.69, 9.17) is 9.47 Å². The van der Waals surface area contributed by atoms with E-state index in [0.29, 0.717) is 29.5 Å². The zero-order valence-corrected chi connectivity index (χ0v) is 19.2. The Hall–Kier alpha value is -1.39. The summed E-state index contributed by atoms with van der Waals surface area (Å²) in [6, 6.07) is 0. The molecule has 0 aromatic carbocycles. The van der Waals surface area contributed by atoms with Gasteiger partial charge in [0.1, 0.15) is 18.0 Å². The average Bonchev–Trinajstić information content (AvgIpc) is 2.91. The lowest BCUT2D eigenvalue weighted by molar-refractivity contribution is -0.195. The number of Topliss-reactive ketones (excluding diaryl/α,β-unsaturated/α-hetero) is 1. The molecule has 0 heterocycles. The molecule has 0 aromatic heterocycles. The molecule has 0 saturated heterocycles. The third-order valence-electron chi connectivity index (χ3n) is 9.72. The average molecular weight is 419 g/mol. The summed E-state index contributed by atoms with van der Waals surface area (Å²) < 4.78 is 11.3. The molecule has 5 nitrogen and oxygen atoms in total. The van der Waals surface area contributed by atoms with Crippen LogP contribution in [-0.2, 0) is 23.9 Å². The lowest BCUT2D eigenvalue weighted by Gasteiger charge is -2.61. The van der Waals surface area contributed by atoms with Gasteiger partial charge in [-0.1, -0.05) is 20.8 Å². The van der Waals surface area contributed by atoms with Gasteiger partial charge in [0.2, 0.25) is 0 Å². The summed E-state index contributed by atoms with van der Waals surface area (Å²) in [5.41, 5.74) is 0.217. The quantitative estimate of drug-likeness (QED) is 0.621. The van der Waals surface area contributed by atoms with Crippen LogP contribution in [0.5, 0.6) is 0 Å². The second-order valence-electron chi connectivity index (χ2n) is 11.1. The smallest absolute Gasteiger partial charge is 0.303 e. The fraction of sp³-hybridized carbons (Fsp3) is 0.880. The van der Waals surface area contributed by atoms with Crippen LogP contribution in [0.15, 0.2) is 0 Å². The summed E-state index contributed by atoms with van der Waals surface area (Å²) >= 11 is 0. The van der Waals surface area contributed by atoms with E-state index >= 15 is 0 Å². The number of fused-ring (bicyclic) bond motifs is 5. The molecular weight excluding hydrogens is 380 g/mol. The van der Waals surface area contributed by atoms with Crippen LogP contribution in [-0.4, -0.2) is 29.9 Å². The van der Waals surface area contributed by atoms with Gasteiger partial charge in [0, 0.05) is 26.2 Å². The van der Waals surface area contributed by atoms with Gasteiger partial charge in [-0.25, -0.2) is 0 Å². The van der Waals surface area contributed by atoms with Crippen molar-refractivity contribution in [2.75, 3.05) is 0 Å². The Morgan fingerprint density at radius 1 is 0.967 bits per heavy atom. The van der Waals surface area contributed by atoms with Gasteiger partial charge in [-0.3, -0.25) is 14.4 Å². The number of ether oxygens (including phenoxy) is 2.